The minimum Gasteiger partial charge on any atom is -0.462 e. The summed E-state index contributed by atoms with van der Waals surface area (Å²) in [4.78, 5) is 35.2. The number of carbonyl (C=O) groups is 2. The highest BCUT2D eigenvalue weighted by atomic mass is 16.5. The SMILES string of the molecule is CCOC(=O)C1=C(Nc2ccc(CCN(C)C)cc2C)OC(=Cc2c[nH]c3ncccc23)C1=O. The van der Waals surface area contributed by atoms with Crippen molar-refractivity contribution in [2.24, 2.45) is 0 Å². The Hall–Kier alpha value is -3.91. The number of aryl methyl sites for hydroxylation is 1. The van der Waals surface area contributed by atoms with Crippen molar-refractivity contribution in [3.05, 3.63) is 76.6 Å². The van der Waals surface area contributed by atoms with Crippen LogP contribution in [0.3, 0.4) is 0 Å². The second kappa shape index (κ2) is 9.93. The number of fused-ring (bicyclic) bond motifs is 1. The highest BCUT2D eigenvalue weighted by Crippen LogP contribution is 2.31. The van der Waals surface area contributed by atoms with Crippen LogP contribution in [-0.4, -0.2) is 53.9 Å². The number of nitrogens with one attached hydrogen (secondary N) is 2. The molecule has 1 aromatic carbocycles. The number of ether oxygens (including phenoxy) is 2. The van der Waals surface area contributed by atoms with E-state index in [-0.39, 0.29) is 23.8 Å². The van der Waals surface area contributed by atoms with Gasteiger partial charge in [0.25, 0.3) is 0 Å². The normalized spacial score (nSPS) is 14.9. The summed E-state index contributed by atoms with van der Waals surface area (Å²) in [5, 5.41) is 3.97. The molecule has 0 spiro atoms. The third-order valence-electron chi connectivity index (χ3n) is 5.53. The van der Waals surface area contributed by atoms with E-state index in [0.29, 0.717) is 5.65 Å². The lowest BCUT2D eigenvalue weighted by molar-refractivity contribution is -0.139. The fourth-order valence-electron chi connectivity index (χ4n) is 3.74. The van der Waals surface area contributed by atoms with Gasteiger partial charge >= 0.3 is 5.97 Å². The minimum atomic E-state index is -0.723. The monoisotopic (exact) mass is 460 g/mol. The molecule has 4 rings (SSSR count). The van der Waals surface area contributed by atoms with Gasteiger partial charge < -0.3 is 24.7 Å². The number of Topliss-reactive ketones (excluding diaryl/α,β-unsaturated/α-hetero) is 1. The molecule has 8 nitrogen and oxygen atoms in total. The molecule has 8 heteroatoms. The molecule has 0 radical (unpaired) electrons. The van der Waals surface area contributed by atoms with Gasteiger partial charge in [-0.1, -0.05) is 12.1 Å². The Balaban J connectivity index is 1.64. The first kappa shape index (κ1) is 23.3. The average molecular weight is 461 g/mol. The summed E-state index contributed by atoms with van der Waals surface area (Å²) in [6.45, 7) is 4.76. The lowest BCUT2D eigenvalue weighted by Crippen LogP contribution is -2.16. The molecule has 1 aliphatic rings. The van der Waals surface area contributed by atoms with Crippen molar-refractivity contribution in [2.45, 2.75) is 20.3 Å². The maximum atomic E-state index is 13.2. The van der Waals surface area contributed by atoms with Crippen LogP contribution in [0.5, 0.6) is 0 Å². The molecule has 0 atom stereocenters. The molecule has 3 heterocycles. The molecule has 0 aliphatic carbocycles. The van der Waals surface area contributed by atoms with E-state index in [1.165, 1.54) is 5.56 Å². The highest BCUT2D eigenvalue weighted by Gasteiger charge is 2.37. The molecular weight excluding hydrogens is 432 g/mol. The summed E-state index contributed by atoms with van der Waals surface area (Å²) < 4.78 is 11.0. The lowest BCUT2D eigenvalue weighted by atomic mass is 10.1. The van der Waals surface area contributed by atoms with E-state index in [1.54, 1.807) is 25.4 Å². The molecule has 176 valence electrons. The van der Waals surface area contributed by atoms with Crippen LogP contribution in [0.1, 0.15) is 23.6 Å². The number of allylic oxidation sites excluding steroid dienone is 1. The topological polar surface area (TPSA) is 96.6 Å². The van der Waals surface area contributed by atoms with Crippen molar-refractivity contribution >= 4 is 34.5 Å². The number of aromatic nitrogens is 2. The minimum absolute atomic E-state index is 0.0376. The van der Waals surface area contributed by atoms with E-state index >= 15 is 0 Å². The number of ketones is 1. The Morgan fingerprint density at radius 2 is 2.12 bits per heavy atom. The third kappa shape index (κ3) is 4.87. The van der Waals surface area contributed by atoms with Crippen LogP contribution >= 0.6 is 0 Å². The number of likely N-dealkylation sites (N-methyl/N-ethyl adjacent to an activating group) is 1. The van der Waals surface area contributed by atoms with Gasteiger partial charge in [-0.05, 0) is 69.8 Å². The summed E-state index contributed by atoms with van der Waals surface area (Å²) in [5.41, 5.74) is 4.20. The zero-order valence-electron chi connectivity index (χ0n) is 19.8. The number of rotatable bonds is 8. The second-order valence-corrected chi connectivity index (χ2v) is 8.34. The van der Waals surface area contributed by atoms with Gasteiger partial charge in [0.05, 0.1) is 6.61 Å². The van der Waals surface area contributed by atoms with Gasteiger partial charge in [0.15, 0.2) is 11.3 Å². The maximum Gasteiger partial charge on any atom is 0.347 e. The van der Waals surface area contributed by atoms with E-state index in [2.05, 4.69) is 26.3 Å². The predicted molar refractivity (Wildman–Crippen MR) is 131 cm³/mol. The fourth-order valence-corrected chi connectivity index (χ4v) is 3.74. The van der Waals surface area contributed by atoms with Crippen LogP contribution in [0.25, 0.3) is 17.1 Å². The number of aromatic amines is 1. The number of benzene rings is 1. The van der Waals surface area contributed by atoms with E-state index in [1.807, 2.05) is 45.3 Å². The van der Waals surface area contributed by atoms with Crippen molar-refractivity contribution in [2.75, 3.05) is 32.6 Å². The molecular formula is C26H28N4O4. The summed E-state index contributed by atoms with van der Waals surface area (Å²) in [6.07, 6.45) is 5.96. The van der Waals surface area contributed by atoms with Crippen LogP contribution in [0.4, 0.5) is 5.69 Å². The first-order chi connectivity index (χ1) is 16.4. The quantitative estimate of drug-likeness (QED) is 0.300. The fraction of sp³-hybridized carbons (Fsp3) is 0.269. The van der Waals surface area contributed by atoms with Crippen LogP contribution < -0.4 is 5.32 Å². The summed E-state index contributed by atoms with van der Waals surface area (Å²) in [7, 11) is 4.08. The largest absolute Gasteiger partial charge is 0.462 e. The average Bonchev–Trinajstić information content (AvgIpc) is 3.35. The Morgan fingerprint density at radius 3 is 2.85 bits per heavy atom. The smallest absolute Gasteiger partial charge is 0.347 e. The van der Waals surface area contributed by atoms with Gasteiger partial charge in [-0.3, -0.25) is 4.79 Å². The van der Waals surface area contributed by atoms with Gasteiger partial charge in [0, 0.05) is 35.6 Å². The number of nitrogens with zero attached hydrogens (tertiary/aromatic N) is 2. The zero-order chi connectivity index (χ0) is 24.2. The molecule has 0 unspecified atom stereocenters. The second-order valence-electron chi connectivity index (χ2n) is 8.34. The number of anilines is 1. The number of H-pyrrole nitrogens is 1. The summed E-state index contributed by atoms with van der Waals surface area (Å²) >= 11 is 0. The number of hydrogen-bond acceptors (Lipinski definition) is 7. The van der Waals surface area contributed by atoms with E-state index < -0.39 is 11.8 Å². The molecule has 34 heavy (non-hydrogen) atoms. The van der Waals surface area contributed by atoms with Gasteiger partial charge in [-0.15, -0.1) is 0 Å². The van der Waals surface area contributed by atoms with Crippen LogP contribution in [-0.2, 0) is 25.5 Å². The molecule has 0 fully saturated rings. The first-order valence-electron chi connectivity index (χ1n) is 11.2. The van der Waals surface area contributed by atoms with Crippen LogP contribution in [0.15, 0.2) is 59.9 Å². The van der Waals surface area contributed by atoms with Crippen LogP contribution in [0.2, 0.25) is 0 Å². The van der Waals surface area contributed by atoms with Gasteiger partial charge in [-0.2, -0.15) is 0 Å². The van der Waals surface area contributed by atoms with Gasteiger partial charge in [-0.25, -0.2) is 9.78 Å². The number of esters is 1. The molecule has 2 aromatic heterocycles. The van der Waals surface area contributed by atoms with Crippen molar-refractivity contribution in [1.82, 2.24) is 14.9 Å². The molecule has 3 aromatic rings. The van der Waals surface area contributed by atoms with Crippen molar-refractivity contribution in [3.8, 4) is 0 Å². The highest BCUT2D eigenvalue weighted by molar-refractivity contribution is 6.26. The number of hydrogen-bond donors (Lipinski definition) is 2. The predicted octanol–water partition coefficient (Wildman–Crippen LogP) is 3.80. The lowest BCUT2D eigenvalue weighted by Gasteiger charge is -2.14. The molecule has 0 saturated carbocycles. The standard InChI is InChI=1S/C26H28N4O4/c1-5-33-26(32)22-23(31)21(14-18-15-28-24-19(18)7-6-11-27-24)34-25(22)29-20-9-8-17(13-16(20)2)10-12-30(3)4/h6-9,11,13-15,29H,5,10,12H2,1-4H3,(H,27,28). The van der Waals surface area contributed by atoms with Crippen LogP contribution in [0, 0.1) is 6.92 Å². The molecule has 0 amide bonds. The zero-order valence-corrected chi connectivity index (χ0v) is 19.8. The Kier molecular flexibility index (Phi) is 6.79. The van der Waals surface area contributed by atoms with E-state index in [4.69, 9.17) is 9.47 Å². The van der Waals surface area contributed by atoms with Crippen molar-refractivity contribution in [1.29, 1.82) is 0 Å². The Morgan fingerprint density at radius 1 is 1.29 bits per heavy atom. The maximum absolute atomic E-state index is 13.2. The van der Waals surface area contributed by atoms with Crippen molar-refractivity contribution < 1.29 is 19.1 Å². The van der Waals surface area contributed by atoms with E-state index in [9.17, 15) is 9.59 Å². The molecule has 0 bridgehead atoms. The molecule has 0 saturated heterocycles. The number of carbonyl (C=O) groups excluding carboxylic acids is 2. The van der Waals surface area contributed by atoms with Gasteiger partial charge in [0.1, 0.15) is 5.65 Å². The van der Waals surface area contributed by atoms with Crippen molar-refractivity contribution in [3.63, 3.8) is 0 Å². The molecule has 1 aliphatic heterocycles. The van der Waals surface area contributed by atoms with Gasteiger partial charge in [0.2, 0.25) is 11.7 Å². The summed E-state index contributed by atoms with van der Waals surface area (Å²) in [6, 6.07) is 9.75. The molecule has 2 N–H and O–H groups in total. The Labute approximate surface area is 198 Å². The first-order valence-corrected chi connectivity index (χ1v) is 11.2. The number of pyridine rings is 1. The summed E-state index contributed by atoms with van der Waals surface area (Å²) in [5.74, 6) is -1.15. The Bertz CT molecular complexity index is 1300. The third-order valence-corrected chi connectivity index (χ3v) is 5.53. The van der Waals surface area contributed by atoms with E-state index in [0.717, 1.165) is 35.2 Å².